The molecule has 0 unspecified atom stereocenters. The van der Waals surface area contributed by atoms with Crippen LogP contribution in [-0.4, -0.2) is 29.0 Å². The van der Waals surface area contributed by atoms with Crippen LogP contribution in [0.25, 0.3) is 0 Å². The van der Waals surface area contributed by atoms with Gasteiger partial charge in [0.05, 0.1) is 0 Å². The summed E-state index contributed by atoms with van der Waals surface area (Å²) >= 11 is 1.28. The average molecular weight is 265 g/mol. The van der Waals surface area contributed by atoms with Crippen molar-refractivity contribution in [2.45, 2.75) is 44.3 Å². The van der Waals surface area contributed by atoms with Gasteiger partial charge >= 0.3 is 6.18 Å². The molecule has 0 amide bonds. The van der Waals surface area contributed by atoms with Crippen LogP contribution >= 0.6 is 11.3 Å². The molecule has 0 aliphatic heterocycles. The molecule has 0 saturated heterocycles. The molecule has 96 valence electrons. The molecule has 17 heavy (non-hydrogen) atoms. The van der Waals surface area contributed by atoms with Crippen LogP contribution in [0.5, 0.6) is 0 Å². The lowest BCUT2D eigenvalue weighted by Gasteiger charge is -2.02. The lowest BCUT2D eigenvalue weighted by Crippen LogP contribution is -2.19. The smallest absolute Gasteiger partial charge is 0.314 e. The predicted molar refractivity (Wildman–Crippen MR) is 59.0 cm³/mol. The third kappa shape index (κ3) is 4.99. The molecule has 1 aromatic rings. The van der Waals surface area contributed by atoms with Gasteiger partial charge in [-0.05, 0) is 12.8 Å². The van der Waals surface area contributed by atoms with E-state index in [4.69, 9.17) is 0 Å². The Morgan fingerprint density at radius 2 is 1.82 bits per heavy atom. The summed E-state index contributed by atoms with van der Waals surface area (Å²) in [4.78, 5) is 0. The van der Waals surface area contributed by atoms with Crippen molar-refractivity contribution in [3.63, 3.8) is 0 Å². The van der Waals surface area contributed by atoms with Crippen molar-refractivity contribution in [1.82, 2.24) is 15.5 Å². The van der Waals surface area contributed by atoms with Crippen LogP contribution in [-0.2, 0) is 12.8 Å². The van der Waals surface area contributed by atoms with E-state index in [9.17, 15) is 13.2 Å². The molecule has 1 aliphatic carbocycles. The van der Waals surface area contributed by atoms with E-state index in [-0.39, 0.29) is 6.42 Å². The highest BCUT2D eigenvalue weighted by atomic mass is 32.1. The second kappa shape index (κ2) is 5.30. The van der Waals surface area contributed by atoms with E-state index in [1.807, 2.05) is 0 Å². The van der Waals surface area contributed by atoms with Crippen molar-refractivity contribution in [3.8, 4) is 0 Å². The summed E-state index contributed by atoms with van der Waals surface area (Å²) in [6, 6.07) is 0.646. The number of nitrogens with zero attached hydrogens (tertiary/aromatic N) is 2. The van der Waals surface area contributed by atoms with Crippen LogP contribution in [0.2, 0.25) is 0 Å². The molecule has 1 fully saturated rings. The van der Waals surface area contributed by atoms with Crippen molar-refractivity contribution >= 4 is 11.3 Å². The van der Waals surface area contributed by atoms with Crippen molar-refractivity contribution < 1.29 is 13.2 Å². The van der Waals surface area contributed by atoms with E-state index >= 15 is 0 Å². The number of aryl methyl sites for hydroxylation is 1. The van der Waals surface area contributed by atoms with E-state index in [0.29, 0.717) is 11.0 Å². The first-order chi connectivity index (χ1) is 8.03. The average Bonchev–Trinajstić information content (AvgIpc) is 2.93. The molecule has 1 saturated carbocycles. The van der Waals surface area contributed by atoms with E-state index < -0.39 is 12.6 Å². The molecule has 1 aromatic heterocycles. The van der Waals surface area contributed by atoms with Crippen LogP contribution in [0, 0.1) is 0 Å². The van der Waals surface area contributed by atoms with Gasteiger partial charge in [-0.3, -0.25) is 0 Å². The Labute approximate surface area is 101 Å². The zero-order valence-electron chi connectivity index (χ0n) is 9.26. The lowest BCUT2D eigenvalue weighted by atomic mass is 10.3. The SMILES string of the molecule is FC(F)(F)CCc1nnc(CCNC2CC2)s1. The van der Waals surface area contributed by atoms with Gasteiger partial charge in [0.1, 0.15) is 10.0 Å². The molecule has 1 N–H and O–H groups in total. The first-order valence-electron chi connectivity index (χ1n) is 5.64. The van der Waals surface area contributed by atoms with Gasteiger partial charge in [-0.15, -0.1) is 21.5 Å². The summed E-state index contributed by atoms with van der Waals surface area (Å²) in [7, 11) is 0. The van der Waals surface area contributed by atoms with Gasteiger partial charge in [-0.2, -0.15) is 13.2 Å². The van der Waals surface area contributed by atoms with E-state index in [1.165, 1.54) is 24.2 Å². The quantitative estimate of drug-likeness (QED) is 0.858. The number of nitrogens with one attached hydrogen (secondary N) is 1. The standard InChI is InChI=1S/C10H14F3N3S/c11-10(12,13)5-3-8-15-16-9(17-8)4-6-14-7-1-2-7/h7,14H,1-6H2. The topological polar surface area (TPSA) is 37.8 Å². The fraction of sp³-hybridized carbons (Fsp3) is 0.800. The zero-order chi connectivity index (χ0) is 12.3. The molecule has 0 atom stereocenters. The summed E-state index contributed by atoms with van der Waals surface area (Å²) in [6.07, 6.45) is -1.78. The number of aromatic nitrogens is 2. The summed E-state index contributed by atoms with van der Waals surface area (Å²) in [6.45, 7) is 0.832. The van der Waals surface area contributed by atoms with Gasteiger partial charge in [-0.1, -0.05) is 0 Å². The first-order valence-corrected chi connectivity index (χ1v) is 6.46. The largest absolute Gasteiger partial charge is 0.389 e. The number of halogens is 3. The fourth-order valence-corrected chi connectivity index (χ4v) is 2.25. The van der Waals surface area contributed by atoms with E-state index in [1.54, 1.807) is 0 Å². The third-order valence-corrected chi connectivity index (χ3v) is 3.52. The zero-order valence-corrected chi connectivity index (χ0v) is 10.1. The number of hydrogen-bond acceptors (Lipinski definition) is 4. The Balaban J connectivity index is 1.70. The van der Waals surface area contributed by atoms with Crippen molar-refractivity contribution in [2.75, 3.05) is 6.54 Å². The molecular weight excluding hydrogens is 251 g/mol. The minimum absolute atomic E-state index is 0.0583. The third-order valence-electron chi connectivity index (χ3n) is 2.48. The number of alkyl halides is 3. The molecule has 0 aromatic carbocycles. The normalized spacial score (nSPS) is 16.4. The highest BCUT2D eigenvalue weighted by molar-refractivity contribution is 7.11. The van der Waals surface area contributed by atoms with E-state index in [2.05, 4.69) is 15.5 Å². The van der Waals surface area contributed by atoms with Crippen LogP contribution < -0.4 is 5.32 Å². The van der Waals surface area contributed by atoms with Crippen LogP contribution in [0.3, 0.4) is 0 Å². The van der Waals surface area contributed by atoms with Crippen molar-refractivity contribution in [1.29, 1.82) is 0 Å². The van der Waals surface area contributed by atoms with Crippen LogP contribution in [0.1, 0.15) is 29.3 Å². The Morgan fingerprint density at radius 3 is 2.41 bits per heavy atom. The highest BCUT2D eigenvalue weighted by Gasteiger charge is 2.27. The Bertz CT molecular complexity index is 360. The monoisotopic (exact) mass is 265 g/mol. The molecule has 7 heteroatoms. The fourth-order valence-electron chi connectivity index (χ4n) is 1.41. The van der Waals surface area contributed by atoms with Crippen molar-refractivity contribution in [3.05, 3.63) is 10.0 Å². The van der Waals surface area contributed by atoms with Gasteiger partial charge in [0.25, 0.3) is 0 Å². The predicted octanol–water partition coefficient (Wildman–Crippen LogP) is 2.33. The molecular formula is C10H14F3N3S. The van der Waals surface area contributed by atoms with Gasteiger partial charge in [-0.25, -0.2) is 0 Å². The number of rotatable bonds is 6. The number of hydrogen-bond donors (Lipinski definition) is 1. The minimum Gasteiger partial charge on any atom is -0.314 e. The molecule has 1 heterocycles. The Kier molecular flexibility index (Phi) is 3.98. The van der Waals surface area contributed by atoms with Gasteiger partial charge in [0, 0.05) is 31.8 Å². The van der Waals surface area contributed by atoms with E-state index in [0.717, 1.165) is 18.0 Å². The molecule has 0 radical (unpaired) electrons. The first kappa shape index (κ1) is 12.8. The maximum absolute atomic E-state index is 12.0. The molecule has 3 nitrogen and oxygen atoms in total. The maximum atomic E-state index is 12.0. The molecule has 0 spiro atoms. The summed E-state index contributed by atoms with van der Waals surface area (Å²) in [5, 5.41) is 12.3. The van der Waals surface area contributed by atoms with Gasteiger partial charge < -0.3 is 5.32 Å². The van der Waals surface area contributed by atoms with Crippen molar-refractivity contribution in [2.24, 2.45) is 0 Å². The summed E-state index contributed by atoms with van der Waals surface area (Å²) < 4.78 is 36.0. The highest BCUT2D eigenvalue weighted by Crippen LogP contribution is 2.23. The Morgan fingerprint density at radius 1 is 1.18 bits per heavy atom. The maximum Gasteiger partial charge on any atom is 0.389 e. The minimum atomic E-state index is -4.11. The molecule has 2 rings (SSSR count). The van der Waals surface area contributed by atoms with Gasteiger partial charge in [0.15, 0.2) is 0 Å². The lowest BCUT2D eigenvalue weighted by molar-refractivity contribution is -0.134. The Hall–Kier alpha value is -0.690. The second-order valence-corrected chi connectivity index (χ2v) is 5.33. The van der Waals surface area contributed by atoms with Crippen LogP contribution in [0.4, 0.5) is 13.2 Å². The molecule has 0 bridgehead atoms. The summed E-state index contributed by atoms with van der Waals surface area (Å²) in [5.41, 5.74) is 0. The summed E-state index contributed by atoms with van der Waals surface area (Å²) in [5.74, 6) is 0. The van der Waals surface area contributed by atoms with Crippen LogP contribution in [0.15, 0.2) is 0 Å². The van der Waals surface area contributed by atoms with Gasteiger partial charge in [0.2, 0.25) is 0 Å². The molecule has 1 aliphatic rings. The second-order valence-electron chi connectivity index (χ2n) is 4.18.